The van der Waals surface area contributed by atoms with Gasteiger partial charge in [-0.05, 0) is 68.3 Å². The van der Waals surface area contributed by atoms with Crippen molar-refractivity contribution in [1.29, 1.82) is 0 Å². The van der Waals surface area contributed by atoms with Crippen LogP contribution in [0.5, 0.6) is 5.88 Å². The topological polar surface area (TPSA) is 134 Å². The van der Waals surface area contributed by atoms with Crippen LogP contribution in [0, 0.1) is 0 Å². The van der Waals surface area contributed by atoms with E-state index in [4.69, 9.17) is 4.74 Å². The van der Waals surface area contributed by atoms with Crippen molar-refractivity contribution in [2.24, 2.45) is 7.05 Å². The Balaban J connectivity index is 0.955. The number of ether oxygens (including phenoxy) is 1. The van der Waals surface area contributed by atoms with Gasteiger partial charge in [0.15, 0.2) is 5.82 Å². The summed E-state index contributed by atoms with van der Waals surface area (Å²) in [4.78, 5) is 40.0. The molecule has 2 aromatic carbocycles. The van der Waals surface area contributed by atoms with Gasteiger partial charge in [0.25, 0.3) is 0 Å². The smallest absolute Gasteiger partial charge is 0.241 e. The molecule has 2 amide bonds. The van der Waals surface area contributed by atoms with Crippen LogP contribution in [0.25, 0.3) is 39.1 Å². The minimum absolute atomic E-state index is 0.0379. The van der Waals surface area contributed by atoms with Crippen LogP contribution < -0.4 is 10.1 Å². The molecule has 0 radical (unpaired) electrons. The number of carbonyl (C=O) groups excluding carboxylic acids is 2. The second kappa shape index (κ2) is 14.1. The number of aromatic amines is 1. The van der Waals surface area contributed by atoms with E-state index >= 15 is 0 Å². The SMILES string of the molecule is CSC1(C(=O)Nc2ccc3[nH]nc(-c4ccc(OC(C)C)nc4)c3c2)CCN(CC(=O)N2CC=C(c3ccc(-c4ncn(C)n4)cc3)CC2)C1. The molecule has 12 nitrogen and oxygen atoms in total. The van der Waals surface area contributed by atoms with E-state index in [0.29, 0.717) is 56.5 Å². The highest BCUT2D eigenvalue weighted by molar-refractivity contribution is 8.00. The molecule has 0 saturated carbocycles. The Morgan fingerprint density at radius 3 is 2.52 bits per heavy atom. The van der Waals surface area contributed by atoms with Crippen molar-refractivity contribution >= 4 is 45.7 Å². The predicted molar refractivity (Wildman–Crippen MR) is 197 cm³/mol. The van der Waals surface area contributed by atoms with Crippen LogP contribution in [-0.2, 0) is 16.6 Å². The van der Waals surface area contributed by atoms with Crippen molar-refractivity contribution in [2.75, 3.05) is 44.3 Å². The number of nitrogens with one attached hydrogen (secondary N) is 2. The van der Waals surface area contributed by atoms with Crippen LogP contribution in [-0.4, -0.2) is 101 Å². The number of hydrogen-bond donors (Lipinski definition) is 2. The molecule has 5 heterocycles. The van der Waals surface area contributed by atoms with Gasteiger partial charge >= 0.3 is 0 Å². The number of pyridine rings is 1. The molecule has 50 heavy (non-hydrogen) atoms. The maximum Gasteiger partial charge on any atom is 0.241 e. The van der Waals surface area contributed by atoms with E-state index in [1.54, 1.807) is 29.0 Å². The summed E-state index contributed by atoms with van der Waals surface area (Å²) < 4.78 is 6.72. The van der Waals surface area contributed by atoms with Gasteiger partial charge < -0.3 is 15.0 Å². The Bertz CT molecular complexity index is 2040. The number of nitrogens with zero attached hydrogens (tertiary/aromatic N) is 7. The molecule has 2 aliphatic heterocycles. The fourth-order valence-electron chi connectivity index (χ4n) is 6.58. The molecule has 1 saturated heterocycles. The van der Waals surface area contributed by atoms with Crippen molar-refractivity contribution in [3.63, 3.8) is 0 Å². The number of thioether (sulfide) groups is 1. The lowest BCUT2D eigenvalue weighted by molar-refractivity contribution is -0.132. The summed E-state index contributed by atoms with van der Waals surface area (Å²) in [6, 6.07) is 17.8. The number of fused-ring (bicyclic) bond motifs is 1. The Morgan fingerprint density at radius 2 is 1.84 bits per heavy atom. The van der Waals surface area contributed by atoms with Crippen molar-refractivity contribution in [3.05, 3.63) is 78.8 Å². The normalized spacial score (nSPS) is 18.1. The number of anilines is 1. The van der Waals surface area contributed by atoms with Crippen molar-refractivity contribution in [3.8, 4) is 28.5 Å². The van der Waals surface area contributed by atoms with Gasteiger partial charge in [0, 0.05) is 67.7 Å². The lowest BCUT2D eigenvalue weighted by Crippen LogP contribution is -2.45. The molecule has 0 bridgehead atoms. The van der Waals surface area contributed by atoms with Crippen LogP contribution in [0.3, 0.4) is 0 Å². The average molecular weight is 692 g/mol. The first-order valence-corrected chi connectivity index (χ1v) is 18.1. The number of rotatable bonds is 10. The Hall–Kier alpha value is -5.01. The molecule has 2 N–H and O–H groups in total. The second-order valence-corrected chi connectivity index (χ2v) is 14.3. The maximum atomic E-state index is 13.8. The van der Waals surface area contributed by atoms with E-state index in [0.717, 1.165) is 39.7 Å². The number of likely N-dealkylation sites (tertiary alicyclic amines) is 1. The average Bonchev–Trinajstić information content (AvgIpc) is 3.87. The number of aryl methyl sites for hydroxylation is 1. The highest BCUT2D eigenvalue weighted by Crippen LogP contribution is 2.36. The molecular weight excluding hydrogens is 651 g/mol. The van der Waals surface area contributed by atoms with Gasteiger partial charge in [-0.1, -0.05) is 30.3 Å². The largest absolute Gasteiger partial charge is 0.475 e. The summed E-state index contributed by atoms with van der Waals surface area (Å²) in [6.07, 6.45) is 9.05. The summed E-state index contributed by atoms with van der Waals surface area (Å²) >= 11 is 1.55. The maximum absolute atomic E-state index is 13.8. The molecule has 1 atom stereocenters. The number of carbonyl (C=O) groups is 2. The van der Waals surface area contributed by atoms with Gasteiger partial charge in [0.1, 0.15) is 16.8 Å². The van der Waals surface area contributed by atoms with Gasteiger partial charge in [-0.3, -0.25) is 24.3 Å². The Morgan fingerprint density at radius 1 is 1.04 bits per heavy atom. The quantitative estimate of drug-likeness (QED) is 0.201. The monoisotopic (exact) mass is 691 g/mol. The number of hydrogen-bond acceptors (Lipinski definition) is 9. The van der Waals surface area contributed by atoms with Crippen LogP contribution in [0.1, 0.15) is 32.3 Å². The number of H-pyrrole nitrogens is 1. The lowest BCUT2D eigenvalue weighted by Gasteiger charge is -2.29. The lowest BCUT2D eigenvalue weighted by atomic mass is 9.98. The molecule has 1 fully saturated rings. The first-order chi connectivity index (χ1) is 24.2. The van der Waals surface area contributed by atoms with Crippen LogP contribution in [0.15, 0.2) is 73.2 Å². The third kappa shape index (κ3) is 7.01. The number of aromatic nitrogens is 6. The Labute approximate surface area is 295 Å². The van der Waals surface area contributed by atoms with Gasteiger partial charge in [-0.2, -0.15) is 10.2 Å². The zero-order valence-corrected chi connectivity index (χ0v) is 29.5. The summed E-state index contributed by atoms with van der Waals surface area (Å²) in [7, 11) is 1.86. The van der Waals surface area contributed by atoms with Crippen LogP contribution >= 0.6 is 11.8 Å². The van der Waals surface area contributed by atoms with E-state index < -0.39 is 4.75 Å². The fourth-order valence-corrected chi connectivity index (χ4v) is 7.42. The van der Waals surface area contributed by atoms with Gasteiger partial charge in [0.2, 0.25) is 17.7 Å². The summed E-state index contributed by atoms with van der Waals surface area (Å²) in [5.74, 6) is 1.30. The molecule has 7 rings (SSSR count). The Kier molecular flexibility index (Phi) is 9.43. The fraction of sp³-hybridized carbons (Fsp3) is 0.351. The van der Waals surface area contributed by atoms with Crippen LogP contribution in [0.4, 0.5) is 5.69 Å². The van der Waals surface area contributed by atoms with Gasteiger partial charge in [-0.25, -0.2) is 9.97 Å². The molecule has 2 aliphatic rings. The number of benzene rings is 2. The van der Waals surface area contributed by atoms with E-state index in [9.17, 15) is 9.59 Å². The predicted octanol–water partition coefficient (Wildman–Crippen LogP) is 5.27. The molecule has 1 unspecified atom stereocenters. The summed E-state index contributed by atoms with van der Waals surface area (Å²) in [5.41, 5.74) is 6.52. The van der Waals surface area contributed by atoms with E-state index in [1.807, 2.05) is 74.5 Å². The summed E-state index contributed by atoms with van der Waals surface area (Å²) in [5, 5.41) is 16.0. The van der Waals surface area contributed by atoms with Gasteiger partial charge in [-0.15, -0.1) is 11.8 Å². The molecular formula is C37H41N9O3S. The van der Waals surface area contributed by atoms with Crippen LogP contribution in [0.2, 0.25) is 0 Å². The van der Waals surface area contributed by atoms with Crippen molar-refractivity contribution in [2.45, 2.75) is 37.5 Å². The standard InChI is InChI=1S/C37H41N9O3S/c1-24(2)49-32-12-9-28(20-38-32)34-30-19-29(10-11-31(30)41-42-34)40-36(48)37(50-4)15-18-45(22-37)21-33(47)46-16-13-26(14-17-46)25-5-7-27(8-6-25)35-39-23-44(3)43-35/h5-13,19-20,23-24H,14-18,21-22H2,1-4H3,(H,40,48)(H,41,42). The highest BCUT2D eigenvalue weighted by Gasteiger charge is 2.44. The first-order valence-electron chi connectivity index (χ1n) is 16.8. The minimum Gasteiger partial charge on any atom is -0.475 e. The summed E-state index contributed by atoms with van der Waals surface area (Å²) in [6.45, 7) is 6.65. The van der Waals surface area contributed by atoms with Gasteiger partial charge in [0.05, 0.1) is 18.2 Å². The first kappa shape index (κ1) is 33.5. The van der Waals surface area contributed by atoms with E-state index in [-0.39, 0.29) is 17.9 Å². The molecule has 3 aromatic heterocycles. The number of amides is 2. The third-order valence-electron chi connectivity index (χ3n) is 9.34. The molecule has 258 valence electrons. The zero-order chi connectivity index (χ0) is 34.8. The van der Waals surface area contributed by atoms with Crippen molar-refractivity contribution < 1.29 is 14.3 Å². The van der Waals surface area contributed by atoms with Crippen molar-refractivity contribution in [1.82, 2.24) is 39.7 Å². The minimum atomic E-state index is -0.656. The molecule has 13 heteroatoms. The molecule has 0 spiro atoms. The highest BCUT2D eigenvalue weighted by atomic mass is 32.2. The van der Waals surface area contributed by atoms with E-state index in [1.165, 1.54) is 5.57 Å². The van der Waals surface area contributed by atoms with E-state index in [2.05, 4.69) is 53.7 Å². The molecule has 5 aromatic rings. The molecule has 0 aliphatic carbocycles. The second-order valence-electron chi connectivity index (χ2n) is 13.1. The zero-order valence-electron chi connectivity index (χ0n) is 28.7. The third-order valence-corrected chi connectivity index (χ3v) is 10.6.